The Balaban J connectivity index is 4.38. The summed E-state index contributed by atoms with van der Waals surface area (Å²) in [4.78, 5) is 21.5. The Morgan fingerprint density at radius 1 is 1.20 bits per heavy atom. The number of carbonyl (C=O) groups excluding carboxylic acids is 1. The summed E-state index contributed by atoms with van der Waals surface area (Å²) in [6.07, 6.45) is 2.73. The number of Topliss-reactive ketones (excluding diaryl/α,β-unsaturated/α-hetero) is 1. The zero-order chi connectivity index (χ0) is 11.9. The van der Waals surface area contributed by atoms with Crippen molar-refractivity contribution in [2.75, 3.05) is 0 Å². The second-order valence-electron chi connectivity index (χ2n) is 3.50. The molecule has 0 saturated carbocycles. The fraction of sp³-hybridized carbons (Fsp3) is 0.455. The van der Waals surface area contributed by atoms with Crippen LogP contribution in [0.3, 0.4) is 0 Å². The van der Waals surface area contributed by atoms with Gasteiger partial charge in [0.2, 0.25) is 0 Å². The van der Waals surface area contributed by atoms with Gasteiger partial charge in [0.1, 0.15) is 12.2 Å². The Kier molecular flexibility index (Phi) is 5.56. The van der Waals surface area contributed by atoms with Crippen LogP contribution >= 0.6 is 0 Å². The number of aliphatic hydroxyl groups is 1. The predicted molar refractivity (Wildman–Crippen MR) is 56.5 cm³/mol. The first-order valence-electron chi connectivity index (χ1n) is 4.61. The number of hydrogen-bond donors (Lipinski definition) is 2. The molecule has 4 heteroatoms. The molecule has 0 unspecified atom stereocenters. The summed E-state index contributed by atoms with van der Waals surface area (Å²) in [6, 6.07) is 0. The highest BCUT2D eigenvalue weighted by Gasteiger charge is 2.27. The third-order valence-corrected chi connectivity index (χ3v) is 1.92. The number of hydrogen-bond acceptors (Lipinski definition) is 3. The maximum absolute atomic E-state index is 11.2. The second kappa shape index (κ2) is 6.14. The van der Waals surface area contributed by atoms with Crippen LogP contribution in [0.25, 0.3) is 0 Å². The topological polar surface area (TPSA) is 74.6 Å². The molecule has 0 rings (SSSR count). The van der Waals surface area contributed by atoms with Gasteiger partial charge < -0.3 is 10.2 Å². The van der Waals surface area contributed by atoms with E-state index in [9.17, 15) is 14.7 Å². The molecule has 15 heavy (non-hydrogen) atoms. The van der Waals surface area contributed by atoms with Crippen LogP contribution < -0.4 is 0 Å². The second-order valence-corrected chi connectivity index (χ2v) is 3.50. The first-order chi connectivity index (χ1) is 6.93. The fourth-order valence-electron chi connectivity index (χ4n) is 1.36. The summed E-state index contributed by atoms with van der Waals surface area (Å²) in [7, 11) is 0. The Morgan fingerprint density at radius 3 is 2.00 bits per heavy atom. The highest BCUT2D eigenvalue weighted by molar-refractivity contribution is 5.95. The van der Waals surface area contributed by atoms with Gasteiger partial charge >= 0.3 is 5.97 Å². The summed E-state index contributed by atoms with van der Waals surface area (Å²) in [5.41, 5.74) is -1.24. The molecule has 2 N–H and O–H groups in total. The SMILES string of the molecule is C=CCC(O)(CC=C)CC(=O)CC(=O)O. The molecule has 0 aromatic carbocycles. The van der Waals surface area contributed by atoms with E-state index < -0.39 is 23.8 Å². The molecule has 0 aliphatic carbocycles. The lowest BCUT2D eigenvalue weighted by Gasteiger charge is -2.24. The van der Waals surface area contributed by atoms with E-state index in [1.165, 1.54) is 12.2 Å². The monoisotopic (exact) mass is 212 g/mol. The van der Waals surface area contributed by atoms with Gasteiger partial charge in [0.05, 0.1) is 5.60 Å². The van der Waals surface area contributed by atoms with Gasteiger partial charge in [-0.05, 0) is 12.8 Å². The number of carbonyl (C=O) groups is 2. The van der Waals surface area contributed by atoms with Crippen LogP contribution in [0, 0.1) is 0 Å². The highest BCUT2D eigenvalue weighted by Crippen LogP contribution is 2.22. The minimum Gasteiger partial charge on any atom is -0.481 e. The number of carboxylic acids is 1. The molecular weight excluding hydrogens is 196 g/mol. The molecule has 0 aromatic rings. The molecule has 0 aromatic heterocycles. The molecule has 0 heterocycles. The summed E-state index contributed by atoms with van der Waals surface area (Å²) in [6.45, 7) is 6.95. The molecule has 4 nitrogen and oxygen atoms in total. The van der Waals surface area contributed by atoms with E-state index in [-0.39, 0.29) is 19.3 Å². The molecule has 0 bridgehead atoms. The molecule has 0 spiro atoms. The van der Waals surface area contributed by atoms with Crippen LogP contribution in [0.4, 0.5) is 0 Å². The van der Waals surface area contributed by atoms with Crippen molar-refractivity contribution in [1.29, 1.82) is 0 Å². The lowest BCUT2D eigenvalue weighted by atomic mass is 9.89. The van der Waals surface area contributed by atoms with Crippen molar-refractivity contribution >= 4 is 11.8 Å². The molecule has 0 radical (unpaired) electrons. The van der Waals surface area contributed by atoms with Gasteiger partial charge in [0, 0.05) is 6.42 Å². The zero-order valence-corrected chi connectivity index (χ0v) is 8.61. The first kappa shape index (κ1) is 13.6. The van der Waals surface area contributed by atoms with Gasteiger partial charge in [0.25, 0.3) is 0 Å². The van der Waals surface area contributed by atoms with Crippen LogP contribution in [0.5, 0.6) is 0 Å². The Hall–Kier alpha value is -1.42. The van der Waals surface area contributed by atoms with Crippen molar-refractivity contribution in [3.8, 4) is 0 Å². The molecular formula is C11H16O4. The highest BCUT2D eigenvalue weighted by atomic mass is 16.4. The van der Waals surface area contributed by atoms with Crippen molar-refractivity contribution in [2.24, 2.45) is 0 Å². The van der Waals surface area contributed by atoms with Crippen molar-refractivity contribution in [3.05, 3.63) is 25.3 Å². The summed E-state index contributed by atoms with van der Waals surface area (Å²) >= 11 is 0. The van der Waals surface area contributed by atoms with E-state index in [1.807, 2.05) is 0 Å². The van der Waals surface area contributed by atoms with Crippen molar-refractivity contribution in [1.82, 2.24) is 0 Å². The fourth-order valence-corrected chi connectivity index (χ4v) is 1.36. The Bertz CT molecular complexity index is 258. The molecule has 0 aliphatic heterocycles. The minimum atomic E-state index is -1.24. The Morgan fingerprint density at radius 2 is 1.67 bits per heavy atom. The van der Waals surface area contributed by atoms with Crippen LogP contribution in [0.1, 0.15) is 25.7 Å². The summed E-state index contributed by atoms with van der Waals surface area (Å²) in [5, 5.41) is 18.3. The average molecular weight is 212 g/mol. The standard InChI is InChI=1S/C11H16O4/c1-3-5-11(15,6-4-2)8-9(12)7-10(13)14/h3-4,15H,1-2,5-8H2,(H,13,14). The van der Waals surface area contributed by atoms with E-state index in [0.717, 1.165) is 0 Å². The molecule has 0 fully saturated rings. The third-order valence-electron chi connectivity index (χ3n) is 1.92. The lowest BCUT2D eigenvalue weighted by molar-refractivity contribution is -0.141. The van der Waals surface area contributed by atoms with Crippen LogP contribution in [-0.4, -0.2) is 27.6 Å². The van der Waals surface area contributed by atoms with Gasteiger partial charge in [-0.1, -0.05) is 12.2 Å². The quantitative estimate of drug-likeness (QED) is 0.470. The maximum Gasteiger partial charge on any atom is 0.310 e. The number of rotatable bonds is 8. The minimum absolute atomic E-state index is 0.183. The van der Waals surface area contributed by atoms with E-state index in [1.54, 1.807) is 0 Å². The predicted octanol–water partition coefficient (Wildman–Crippen LogP) is 1.30. The average Bonchev–Trinajstić information content (AvgIpc) is 2.01. The van der Waals surface area contributed by atoms with Crippen molar-refractivity contribution < 1.29 is 19.8 Å². The summed E-state index contributed by atoms with van der Waals surface area (Å²) < 4.78 is 0. The number of ketones is 1. The molecule has 0 saturated heterocycles. The van der Waals surface area contributed by atoms with Crippen molar-refractivity contribution in [2.45, 2.75) is 31.3 Å². The van der Waals surface area contributed by atoms with E-state index in [4.69, 9.17) is 5.11 Å². The van der Waals surface area contributed by atoms with E-state index in [0.29, 0.717) is 0 Å². The molecule has 0 aliphatic rings. The van der Waals surface area contributed by atoms with Crippen LogP contribution in [0.2, 0.25) is 0 Å². The normalized spacial score (nSPS) is 10.7. The smallest absolute Gasteiger partial charge is 0.310 e. The van der Waals surface area contributed by atoms with Gasteiger partial charge in [-0.3, -0.25) is 9.59 Å². The Labute approximate surface area is 88.9 Å². The summed E-state index contributed by atoms with van der Waals surface area (Å²) in [5.74, 6) is -1.67. The number of aliphatic carboxylic acids is 1. The third kappa shape index (κ3) is 5.80. The zero-order valence-electron chi connectivity index (χ0n) is 8.61. The largest absolute Gasteiger partial charge is 0.481 e. The van der Waals surface area contributed by atoms with Crippen LogP contribution in [-0.2, 0) is 9.59 Å². The van der Waals surface area contributed by atoms with Crippen molar-refractivity contribution in [3.63, 3.8) is 0 Å². The maximum atomic E-state index is 11.2. The number of carboxylic acid groups (broad SMARTS) is 1. The molecule has 0 amide bonds. The van der Waals surface area contributed by atoms with Crippen LogP contribution in [0.15, 0.2) is 25.3 Å². The van der Waals surface area contributed by atoms with Gasteiger partial charge in [-0.25, -0.2) is 0 Å². The van der Waals surface area contributed by atoms with Gasteiger partial charge in [-0.2, -0.15) is 0 Å². The van der Waals surface area contributed by atoms with Gasteiger partial charge in [-0.15, -0.1) is 13.2 Å². The van der Waals surface area contributed by atoms with Gasteiger partial charge in [0.15, 0.2) is 0 Å². The molecule has 84 valence electrons. The van der Waals surface area contributed by atoms with E-state index >= 15 is 0 Å². The lowest BCUT2D eigenvalue weighted by Crippen LogP contribution is -2.31. The van der Waals surface area contributed by atoms with E-state index in [2.05, 4.69) is 13.2 Å². The molecule has 0 atom stereocenters. The first-order valence-corrected chi connectivity index (χ1v) is 4.61.